The molecule has 6 nitrogen and oxygen atoms in total. The molecule has 0 fully saturated rings. The van der Waals surface area contributed by atoms with Crippen molar-refractivity contribution in [1.82, 2.24) is 14.9 Å². The number of aromatic nitrogens is 2. The van der Waals surface area contributed by atoms with Crippen LogP contribution in [0.25, 0.3) is 16.7 Å². The van der Waals surface area contributed by atoms with E-state index in [2.05, 4.69) is 16.4 Å². The molecule has 2 N–H and O–H groups in total. The average molecular weight is 440 g/mol. The number of hydrogen-bond donors (Lipinski definition) is 2. The van der Waals surface area contributed by atoms with Crippen LogP contribution in [0.3, 0.4) is 0 Å². The van der Waals surface area contributed by atoms with Crippen LogP contribution in [-0.4, -0.2) is 39.6 Å². The first-order chi connectivity index (χ1) is 15.3. The van der Waals surface area contributed by atoms with Gasteiger partial charge in [-0.2, -0.15) is 5.26 Å². The summed E-state index contributed by atoms with van der Waals surface area (Å²) >= 11 is 0. The Hall–Kier alpha value is -3.31. The van der Waals surface area contributed by atoms with Gasteiger partial charge in [-0.3, -0.25) is 9.36 Å². The van der Waals surface area contributed by atoms with E-state index in [4.69, 9.17) is 5.26 Å². The quantitative estimate of drug-likeness (QED) is 0.349. The van der Waals surface area contributed by atoms with Gasteiger partial charge in [0.25, 0.3) is 0 Å². The van der Waals surface area contributed by atoms with E-state index in [9.17, 15) is 18.7 Å². The second-order valence-corrected chi connectivity index (χ2v) is 7.95. The molecule has 0 aliphatic heterocycles. The van der Waals surface area contributed by atoms with Crippen molar-refractivity contribution < 1.29 is 18.7 Å². The minimum absolute atomic E-state index is 0.0616. The van der Waals surface area contributed by atoms with Crippen molar-refractivity contribution >= 4 is 17.4 Å². The van der Waals surface area contributed by atoms with Crippen LogP contribution in [0.15, 0.2) is 42.6 Å². The van der Waals surface area contributed by atoms with Crippen LogP contribution in [0.5, 0.6) is 0 Å². The van der Waals surface area contributed by atoms with Crippen molar-refractivity contribution in [2.45, 2.75) is 51.1 Å². The van der Waals surface area contributed by atoms with Gasteiger partial charge in [0.2, 0.25) is 12.3 Å². The number of halogens is 2. The largest absolute Gasteiger partial charge is 0.393 e. The Bertz CT molecular complexity index is 1100. The summed E-state index contributed by atoms with van der Waals surface area (Å²) in [5, 5.41) is 21.9. The number of alkyl halides is 2. The molecular formula is C24H26F2N4O2. The highest BCUT2D eigenvalue weighted by Gasteiger charge is 2.28. The zero-order chi connectivity index (χ0) is 23.1. The summed E-state index contributed by atoms with van der Waals surface area (Å²) in [6.45, 7) is 1.67. The Morgan fingerprint density at radius 2 is 2.00 bits per heavy atom. The standard InChI is InChI=1S/C24H26F2N4O2/c1-17(32)2-5-22-13-20-12-19(8-9-24(25,26)10-11-28-16-31)15-29-23(20)30(22)21-6-3-18(14-27)4-7-21/h3-4,6-7,12-13,15-17,32H,2,5,8-11H2,1H3,(H,28,31). The number of nitriles is 1. The summed E-state index contributed by atoms with van der Waals surface area (Å²) in [4.78, 5) is 14.8. The summed E-state index contributed by atoms with van der Waals surface area (Å²) in [5.74, 6) is -2.87. The molecular weight excluding hydrogens is 414 g/mol. The normalized spacial score (nSPS) is 12.5. The first-order valence-corrected chi connectivity index (χ1v) is 10.6. The number of carbonyl (C=O) groups excluding carboxylic acids is 1. The van der Waals surface area contributed by atoms with Crippen molar-refractivity contribution in [2.24, 2.45) is 0 Å². The number of rotatable bonds is 11. The fourth-order valence-corrected chi connectivity index (χ4v) is 3.61. The fraction of sp³-hybridized carbons (Fsp3) is 0.375. The van der Waals surface area contributed by atoms with Crippen molar-refractivity contribution in [1.29, 1.82) is 5.26 Å². The van der Waals surface area contributed by atoms with E-state index < -0.39 is 18.4 Å². The molecule has 0 aliphatic carbocycles. The molecule has 0 aliphatic rings. The molecule has 32 heavy (non-hydrogen) atoms. The molecule has 1 unspecified atom stereocenters. The van der Waals surface area contributed by atoms with E-state index in [0.717, 1.165) is 16.8 Å². The lowest BCUT2D eigenvalue weighted by Gasteiger charge is -2.15. The molecule has 0 saturated carbocycles. The number of benzene rings is 1. The predicted octanol–water partition coefficient (Wildman–Crippen LogP) is 3.91. The van der Waals surface area contributed by atoms with Gasteiger partial charge in [0.15, 0.2) is 0 Å². The molecule has 2 heterocycles. The summed E-state index contributed by atoms with van der Waals surface area (Å²) in [6.07, 6.45) is 2.20. The molecule has 0 spiro atoms. The number of amides is 1. The Balaban J connectivity index is 1.88. The van der Waals surface area contributed by atoms with Crippen molar-refractivity contribution in [3.63, 3.8) is 0 Å². The lowest BCUT2D eigenvalue weighted by atomic mass is 10.0. The van der Waals surface area contributed by atoms with Crippen LogP contribution in [0, 0.1) is 11.3 Å². The van der Waals surface area contributed by atoms with E-state index >= 15 is 0 Å². The maximum absolute atomic E-state index is 14.0. The number of fused-ring (bicyclic) bond motifs is 1. The van der Waals surface area contributed by atoms with Crippen LogP contribution in [0.1, 0.15) is 43.0 Å². The summed E-state index contributed by atoms with van der Waals surface area (Å²) < 4.78 is 30.1. The Kier molecular flexibility index (Phi) is 7.54. The Labute approximate surface area is 185 Å². The highest BCUT2D eigenvalue weighted by molar-refractivity contribution is 5.80. The lowest BCUT2D eigenvalue weighted by Crippen LogP contribution is -2.24. The van der Waals surface area contributed by atoms with Crippen molar-refractivity contribution in [2.75, 3.05) is 6.54 Å². The zero-order valence-corrected chi connectivity index (χ0v) is 17.9. The molecule has 168 valence electrons. The molecule has 3 rings (SSSR count). The minimum atomic E-state index is -2.87. The molecule has 0 bridgehead atoms. The van der Waals surface area contributed by atoms with Gasteiger partial charge in [0, 0.05) is 42.4 Å². The average Bonchev–Trinajstić information content (AvgIpc) is 3.14. The maximum atomic E-state index is 14.0. The van der Waals surface area contributed by atoms with E-state index in [-0.39, 0.29) is 19.4 Å². The van der Waals surface area contributed by atoms with Crippen molar-refractivity contribution in [3.05, 3.63) is 59.4 Å². The van der Waals surface area contributed by atoms with Gasteiger partial charge in [0.1, 0.15) is 5.65 Å². The lowest BCUT2D eigenvalue weighted by molar-refractivity contribution is -0.109. The van der Waals surface area contributed by atoms with Crippen LogP contribution < -0.4 is 5.32 Å². The SMILES string of the molecule is CC(O)CCc1cc2cc(CCC(F)(F)CCNC=O)cnc2n1-c1ccc(C#N)cc1. The van der Waals surface area contributed by atoms with Crippen LogP contribution in [-0.2, 0) is 17.6 Å². The number of pyridine rings is 1. The molecule has 0 saturated heterocycles. The molecule has 0 radical (unpaired) electrons. The molecule has 1 amide bonds. The van der Waals surface area contributed by atoms with Gasteiger partial charge in [0.05, 0.1) is 17.7 Å². The first-order valence-electron chi connectivity index (χ1n) is 10.6. The summed E-state index contributed by atoms with van der Waals surface area (Å²) in [6, 6.07) is 13.1. The Morgan fingerprint density at radius 1 is 1.25 bits per heavy atom. The number of hydrogen-bond acceptors (Lipinski definition) is 4. The topological polar surface area (TPSA) is 90.9 Å². The van der Waals surface area contributed by atoms with Crippen LogP contribution >= 0.6 is 0 Å². The van der Waals surface area contributed by atoms with E-state index in [0.29, 0.717) is 36.0 Å². The summed E-state index contributed by atoms with van der Waals surface area (Å²) in [5.41, 5.74) is 3.74. The molecule has 3 aromatic rings. The van der Waals surface area contributed by atoms with E-state index in [1.807, 2.05) is 28.8 Å². The highest BCUT2D eigenvalue weighted by atomic mass is 19.3. The van der Waals surface area contributed by atoms with Gasteiger partial charge < -0.3 is 10.4 Å². The minimum Gasteiger partial charge on any atom is -0.393 e. The van der Waals surface area contributed by atoms with Crippen LogP contribution in [0.4, 0.5) is 8.78 Å². The first kappa shape index (κ1) is 23.4. The van der Waals surface area contributed by atoms with Gasteiger partial charge in [-0.25, -0.2) is 13.8 Å². The highest BCUT2D eigenvalue weighted by Crippen LogP contribution is 2.28. The van der Waals surface area contributed by atoms with Crippen LogP contribution in [0.2, 0.25) is 0 Å². The smallest absolute Gasteiger partial charge is 0.250 e. The van der Waals surface area contributed by atoms with Gasteiger partial charge in [-0.15, -0.1) is 0 Å². The number of aliphatic hydroxyl groups excluding tert-OH is 1. The third-order valence-electron chi connectivity index (χ3n) is 5.34. The maximum Gasteiger partial charge on any atom is 0.250 e. The number of carbonyl (C=O) groups is 1. The van der Waals surface area contributed by atoms with Crippen molar-refractivity contribution in [3.8, 4) is 11.8 Å². The third-order valence-corrected chi connectivity index (χ3v) is 5.34. The number of aryl methyl sites for hydroxylation is 2. The number of aliphatic hydroxyl groups is 1. The molecule has 2 aromatic heterocycles. The third kappa shape index (κ3) is 5.89. The second-order valence-electron chi connectivity index (χ2n) is 7.95. The number of nitrogens with zero attached hydrogens (tertiary/aromatic N) is 3. The Morgan fingerprint density at radius 3 is 2.66 bits per heavy atom. The molecule has 1 aromatic carbocycles. The number of nitrogens with one attached hydrogen (secondary N) is 1. The monoisotopic (exact) mass is 440 g/mol. The molecule has 1 atom stereocenters. The molecule has 8 heteroatoms. The van der Waals surface area contributed by atoms with Gasteiger partial charge in [-0.05, 0) is 68.1 Å². The van der Waals surface area contributed by atoms with E-state index in [1.165, 1.54) is 0 Å². The second kappa shape index (κ2) is 10.3. The van der Waals surface area contributed by atoms with E-state index in [1.54, 1.807) is 25.3 Å². The van der Waals surface area contributed by atoms with Gasteiger partial charge in [-0.1, -0.05) is 0 Å². The fourth-order valence-electron chi connectivity index (χ4n) is 3.61. The predicted molar refractivity (Wildman–Crippen MR) is 118 cm³/mol. The van der Waals surface area contributed by atoms with Gasteiger partial charge >= 0.3 is 0 Å². The zero-order valence-electron chi connectivity index (χ0n) is 17.9. The summed E-state index contributed by atoms with van der Waals surface area (Å²) in [7, 11) is 0.